The van der Waals surface area contributed by atoms with Crippen molar-refractivity contribution in [3.63, 3.8) is 0 Å². The van der Waals surface area contributed by atoms with Gasteiger partial charge in [-0.05, 0) is 124 Å². The number of halogens is 3. The van der Waals surface area contributed by atoms with Gasteiger partial charge < -0.3 is 36.8 Å². The molecular formula is C36H45Br2ClN8O3. The van der Waals surface area contributed by atoms with Crippen molar-refractivity contribution in [1.82, 2.24) is 25.4 Å². The number of urea groups is 1. The molecule has 1 aromatic heterocycles. The van der Waals surface area contributed by atoms with Gasteiger partial charge in [-0.25, -0.2) is 4.79 Å². The minimum atomic E-state index is -0.950. The first-order valence-corrected chi connectivity index (χ1v) is 19.1. The van der Waals surface area contributed by atoms with Crippen molar-refractivity contribution in [2.75, 3.05) is 56.4 Å². The Kier molecular flexibility index (Phi) is 13.8. The van der Waals surface area contributed by atoms with Crippen molar-refractivity contribution in [2.24, 2.45) is 5.73 Å². The number of nitrogens with two attached hydrogens (primary N) is 2. The van der Waals surface area contributed by atoms with Crippen molar-refractivity contribution >= 4 is 72.7 Å². The number of pyridine rings is 1. The second-order valence-electron chi connectivity index (χ2n) is 12.8. The van der Waals surface area contributed by atoms with Crippen LogP contribution in [-0.2, 0) is 16.0 Å². The van der Waals surface area contributed by atoms with E-state index in [-0.39, 0.29) is 18.4 Å². The maximum absolute atomic E-state index is 14.1. The van der Waals surface area contributed by atoms with Crippen LogP contribution in [0.4, 0.5) is 16.2 Å². The molecule has 6 N–H and O–H groups in total. The summed E-state index contributed by atoms with van der Waals surface area (Å²) >= 11 is 13.4. The van der Waals surface area contributed by atoms with Gasteiger partial charge in [-0.1, -0.05) is 23.7 Å². The molecule has 2 atom stereocenters. The fourth-order valence-corrected chi connectivity index (χ4v) is 8.15. The average Bonchev–Trinajstić information content (AvgIpc) is 3.13. The molecule has 2 aliphatic rings. The quantitative estimate of drug-likeness (QED) is 0.143. The summed E-state index contributed by atoms with van der Waals surface area (Å²) in [5, 5.41) is 6.69. The standard InChI is InChI=1S/C36H45Br2ClN8O3/c37-27-21-24(22-28(38)33(27)41)23-31(44-36(50)47-19-17-45(18-20-47)32-7-2-1-5-29(32)39)34(48)43-30(6-3-4-12-40)35(49)46-15-10-26(11-16-46)25-8-13-42-14-9-25/h1-2,5,7-9,13-14,21-22,26,30-31H,3-4,6,10-12,15-20,23,40-41H2,(H,43,48)(H,44,50)/t30-,31+/m0/s1. The number of carbonyl (C=O) groups is 3. The Labute approximate surface area is 315 Å². The number of nitrogen functional groups attached to an aromatic ring is 1. The van der Waals surface area contributed by atoms with Crippen LogP contribution in [0.3, 0.4) is 0 Å². The van der Waals surface area contributed by atoms with E-state index in [4.69, 9.17) is 23.1 Å². The summed E-state index contributed by atoms with van der Waals surface area (Å²) in [6, 6.07) is 13.4. The van der Waals surface area contributed by atoms with Crippen molar-refractivity contribution in [3.8, 4) is 0 Å². The topological polar surface area (TPSA) is 150 Å². The number of nitrogens with one attached hydrogen (secondary N) is 2. The lowest BCUT2D eigenvalue weighted by molar-refractivity contribution is -0.138. The van der Waals surface area contributed by atoms with E-state index in [9.17, 15) is 14.4 Å². The maximum atomic E-state index is 14.1. The predicted octanol–water partition coefficient (Wildman–Crippen LogP) is 5.31. The molecule has 268 valence electrons. The highest BCUT2D eigenvalue weighted by Gasteiger charge is 2.33. The van der Waals surface area contributed by atoms with Gasteiger partial charge in [0.05, 0.1) is 16.4 Å². The van der Waals surface area contributed by atoms with E-state index in [1.807, 2.05) is 53.4 Å². The monoisotopic (exact) mass is 830 g/mol. The van der Waals surface area contributed by atoms with E-state index in [1.54, 1.807) is 17.3 Å². The van der Waals surface area contributed by atoms with Crippen molar-refractivity contribution in [1.29, 1.82) is 0 Å². The first kappa shape index (κ1) is 37.9. The molecule has 0 saturated carbocycles. The number of amides is 4. The smallest absolute Gasteiger partial charge is 0.318 e. The van der Waals surface area contributed by atoms with E-state index in [0.717, 1.165) is 30.5 Å². The lowest BCUT2D eigenvalue weighted by atomic mass is 9.89. The van der Waals surface area contributed by atoms with Crippen molar-refractivity contribution in [2.45, 2.75) is 56.5 Å². The largest absolute Gasteiger partial charge is 0.397 e. The molecule has 3 aromatic rings. The zero-order valence-corrected chi connectivity index (χ0v) is 31.9. The molecule has 50 heavy (non-hydrogen) atoms. The SMILES string of the molecule is NCCCC[C@H](NC(=O)[C@@H](Cc1cc(Br)c(N)c(Br)c1)NC(=O)N1CCN(c2ccccc2Cl)CC1)C(=O)N1CCC(c2ccncc2)CC1. The molecular weight excluding hydrogens is 788 g/mol. The average molecular weight is 833 g/mol. The van der Waals surface area contributed by atoms with Gasteiger partial charge in [0.15, 0.2) is 0 Å². The summed E-state index contributed by atoms with van der Waals surface area (Å²) in [7, 11) is 0. The summed E-state index contributed by atoms with van der Waals surface area (Å²) in [6.07, 6.45) is 7.33. The number of aromatic nitrogens is 1. The van der Waals surface area contributed by atoms with E-state index in [1.165, 1.54) is 5.56 Å². The Balaban J connectivity index is 1.28. The molecule has 11 nitrogen and oxygen atoms in total. The number of anilines is 2. The second-order valence-corrected chi connectivity index (χ2v) is 14.9. The number of piperazine rings is 1. The van der Waals surface area contributed by atoms with Crippen LogP contribution in [0.25, 0.3) is 0 Å². The van der Waals surface area contributed by atoms with Gasteiger partial charge in [-0.3, -0.25) is 14.6 Å². The van der Waals surface area contributed by atoms with E-state index >= 15 is 0 Å². The summed E-state index contributed by atoms with van der Waals surface area (Å²) in [6.45, 7) is 3.81. The van der Waals surface area contributed by atoms with Crippen molar-refractivity contribution in [3.05, 3.63) is 86.0 Å². The highest BCUT2D eigenvalue weighted by atomic mass is 79.9. The number of hydrogen-bond donors (Lipinski definition) is 4. The second kappa shape index (κ2) is 18.2. The molecule has 2 saturated heterocycles. The van der Waals surface area contributed by atoms with Crippen LogP contribution in [0.15, 0.2) is 69.9 Å². The first-order chi connectivity index (χ1) is 24.1. The Morgan fingerprint density at radius 1 is 0.880 bits per heavy atom. The highest BCUT2D eigenvalue weighted by Crippen LogP contribution is 2.31. The molecule has 4 amide bonds. The van der Waals surface area contributed by atoms with Gasteiger partial charge in [0.1, 0.15) is 12.1 Å². The molecule has 0 radical (unpaired) electrons. The van der Waals surface area contributed by atoms with E-state index in [0.29, 0.717) is 84.2 Å². The number of nitrogens with zero attached hydrogens (tertiary/aromatic N) is 4. The van der Waals surface area contributed by atoms with Crippen LogP contribution in [0.5, 0.6) is 0 Å². The molecule has 2 aromatic carbocycles. The zero-order valence-electron chi connectivity index (χ0n) is 28.0. The Bertz CT molecular complexity index is 1590. The maximum Gasteiger partial charge on any atom is 0.318 e. The Hall–Kier alpha value is -3.39. The Morgan fingerprint density at radius 3 is 2.18 bits per heavy atom. The molecule has 3 heterocycles. The minimum Gasteiger partial charge on any atom is -0.397 e. The van der Waals surface area contributed by atoms with Crippen LogP contribution in [0.1, 0.15) is 49.1 Å². The van der Waals surface area contributed by atoms with Crippen LogP contribution < -0.4 is 27.0 Å². The van der Waals surface area contributed by atoms with Crippen LogP contribution in [0, 0.1) is 0 Å². The van der Waals surface area contributed by atoms with Crippen LogP contribution >= 0.6 is 43.5 Å². The Morgan fingerprint density at radius 2 is 1.54 bits per heavy atom. The highest BCUT2D eigenvalue weighted by molar-refractivity contribution is 9.11. The summed E-state index contributed by atoms with van der Waals surface area (Å²) in [5.74, 6) is -0.172. The molecule has 0 bridgehead atoms. The van der Waals surface area contributed by atoms with Gasteiger partial charge in [0.2, 0.25) is 11.8 Å². The molecule has 0 aliphatic carbocycles. The molecule has 5 rings (SSSR count). The number of likely N-dealkylation sites (tertiary alicyclic amines) is 1. The van der Waals surface area contributed by atoms with Crippen LogP contribution in [-0.4, -0.2) is 90.5 Å². The summed E-state index contributed by atoms with van der Waals surface area (Å²) < 4.78 is 1.35. The summed E-state index contributed by atoms with van der Waals surface area (Å²) in [5.41, 5.74) is 15.4. The molecule has 0 spiro atoms. The number of benzene rings is 2. The third-order valence-electron chi connectivity index (χ3n) is 9.50. The number of carbonyl (C=O) groups excluding carboxylic acids is 3. The third-order valence-corrected chi connectivity index (χ3v) is 11.1. The summed E-state index contributed by atoms with van der Waals surface area (Å²) in [4.78, 5) is 51.6. The number of piperidine rings is 1. The zero-order chi connectivity index (χ0) is 35.6. The lowest BCUT2D eigenvalue weighted by Crippen LogP contribution is -2.59. The predicted molar refractivity (Wildman–Crippen MR) is 205 cm³/mol. The van der Waals surface area contributed by atoms with Crippen molar-refractivity contribution < 1.29 is 14.4 Å². The number of unbranched alkanes of at least 4 members (excludes halogenated alkanes) is 1. The van der Waals surface area contributed by atoms with E-state index in [2.05, 4.69) is 52.4 Å². The normalized spacial score (nSPS) is 16.5. The van der Waals surface area contributed by atoms with Gasteiger partial charge in [0, 0.05) is 67.0 Å². The number of para-hydroxylation sites is 1. The first-order valence-electron chi connectivity index (χ1n) is 17.1. The van der Waals surface area contributed by atoms with Gasteiger partial charge in [0.25, 0.3) is 0 Å². The van der Waals surface area contributed by atoms with Gasteiger partial charge in [-0.15, -0.1) is 0 Å². The number of rotatable bonds is 12. The third kappa shape index (κ3) is 9.89. The number of hydrogen-bond acceptors (Lipinski definition) is 7. The fourth-order valence-electron chi connectivity index (χ4n) is 6.61. The molecule has 0 unspecified atom stereocenters. The van der Waals surface area contributed by atoms with Gasteiger partial charge in [-0.2, -0.15) is 0 Å². The lowest BCUT2D eigenvalue weighted by Gasteiger charge is -2.37. The molecule has 2 aliphatic heterocycles. The molecule has 14 heteroatoms. The fraction of sp³-hybridized carbons (Fsp3) is 0.444. The van der Waals surface area contributed by atoms with Crippen LogP contribution in [0.2, 0.25) is 5.02 Å². The van der Waals surface area contributed by atoms with Gasteiger partial charge >= 0.3 is 6.03 Å². The minimum absolute atomic E-state index is 0.109. The molecule has 2 fully saturated rings. The van der Waals surface area contributed by atoms with E-state index < -0.39 is 18.0 Å².